The van der Waals surface area contributed by atoms with Gasteiger partial charge in [0.05, 0.1) is 6.54 Å². The van der Waals surface area contributed by atoms with Crippen LogP contribution in [-0.4, -0.2) is 19.7 Å². The lowest BCUT2D eigenvalue weighted by Gasteiger charge is -1.97. The maximum absolute atomic E-state index is 10.4. The summed E-state index contributed by atoms with van der Waals surface area (Å²) in [6.07, 6.45) is 2.16. The number of aryl methyl sites for hydroxylation is 2. The maximum atomic E-state index is 10.4. The van der Waals surface area contributed by atoms with Crippen molar-refractivity contribution in [3.05, 3.63) is 52.3 Å². The van der Waals surface area contributed by atoms with Crippen molar-refractivity contribution in [1.82, 2.24) is 14.8 Å². The molecule has 16 heavy (non-hydrogen) atoms. The fourth-order valence-electron chi connectivity index (χ4n) is 1.36. The molecule has 0 atom stereocenters. The van der Waals surface area contributed by atoms with Crippen molar-refractivity contribution in [2.45, 2.75) is 13.0 Å². The van der Waals surface area contributed by atoms with E-state index in [2.05, 4.69) is 10.1 Å². The van der Waals surface area contributed by atoms with Gasteiger partial charge in [-0.15, -0.1) is 0 Å². The smallest absolute Gasteiger partial charge is 0.390 e. The second-order valence-electron chi connectivity index (χ2n) is 3.30. The van der Waals surface area contributed by atoms with E-state index in [1.165, 1.54) is 16.6 Å². The minimum absolute atomic E-state index is 0.354. The second kappa shape index (κ2) is 4.52. The summed E-state index contributed by atoms with van der Waals surface area (Å²) in [5.74, 6) is -0.354. The minimum atomic E-state index is -0.598. The Balaban J connectivity index is 1.97. The highest BCUT2D eigenvalue weighted by Crippen LogP contribution is 2.03. The normalized spacial score (nSPS) is 10.2. The summed E-state index contributed by atoms with van der Waals surface area (Å²) in [4.78, 5) is 13.3. The summed E-state index contributed by atoms with van der Waals surface area (Å²) >= 11 is 0. The van der Waals surface area contributed by atoms with Gasteiger partial charge in [0.25, 0.3) is 0 Å². The van der Waals surface area contributed by atoms with Crippen LogP contribution in [0.25, 0.3) is 0 Å². The van der Waals surface area contributed by atoms with Crippen LogP contribution < -0.4 is 0 Å². The molecular weight excluding hydrogens is 208 g/mol. The second-order valence-corrected chi connectivity index (χ2v) is 3.30. The van der Waals surface area contributed by atoms with E-state index < -0.39 is 4.92 Å². The minimum Gasteiger partial charge on any atom is -0.390 e. The third-order valence-corrected chi connectivity index (χ3v) is 2.16. The molecule has 0 unspecified atom stereocenters. The van der Waals surface area contributed by atoms with Gasteiger partial charge in [0.1, 0.15) is 0 Å². The molecule has 1 aromatic heterocycles. The van der Waals surface area contributed by atoms with E-state index in [1.54, 1.807) is 0 Å². The Kier molecular flexibility index (Phi) is 2.90. The van der Waals surface area contributed by atoms with E-state index in [4.69, 9.17) is 0 Å². The van der Waals surface area contributed by atoms with Crippen LogP contribution in [0.5, 0.6) is 0 Å². The molecule has 0 amide bonds. The van der Waals surface area contributed by atoms with E-state index in [9.17, 15) is 10.1 Å². The van der Waals surface area contributed by atoms with Gasteiger partial charge in [-0.2, -0.15) is 4.68 Å². The number of benzene rings is 1. The van der Waals surface area contributed by atoms with Crippen molar-refractivity contribution in [2.75, 3.05) is 0 Å². The highest BCUT2D eigenvalue weighted by atomic mass is 16.6. The quantitative estimate of drug-likeness (QED) is 0.574. The maximum Gasteiger partial charge on any atom is 0.490 e. The fourth-order valence-corrected chi connectivity index (χ4v) is 1.36. The van der Waals surface area contributed by atoms with Gasteiger partial charge < -0.3 is 10.1 Å². The van der Waals surface area contributed by atoms with Gasteiger partial charge >= 0.3 is 5.95 Å². The molecule has 0 aliphatic heterocycles. The number of hydrogen-bond donors (Lipinski definition) is 0. The average molecular weight is 218 g/mol. The zero-order valence-corrected chi connectivity index (χ0v) is 8.48. The summed E-state index contributed by atoms with van der Waals surface area (Å²) in [6.45, 7) is 0.588. The van der Waals surface area contributed by atoms with Crippen LogP contribution in [0.3, 0.4) is 0 Å². The van der Waals surface area contributed by atoms with Crippen LogP contribution in [-0.2, 0) is 13.0 Å². The van der Waals surface area contributed by atoms with Crippen LogP contribution in [0.4, 0.5) is 5.95 Å². The summed E-state index contributed by atoms with van der Waals surface area (Å²) in [6, 6.07) is 9.87. The lowest BCUT2D eigenvalue weighted by Crippen LogP contribution is -2.02. The van der Waals surface area contributed by atoms with Crippen LogP contribution >= 0.6 is 0 Å². The molecule has 0 saturated heterocycles. The number of nitro groups is 1. The molecule has 0 spiro atoms. The van der Waals surface area contributed by atoms with Crippen molar-refractivity contribution in [3.63, 3.8) is 0 Å². The molecule has 2 aromatic rings. The van der Waals surface area contributed by atoms with Gasteiger partial charge in [-0.25, -0.2) is 0 Å². The molecule has 6 nitrogen and oxygen atoms in total. The Bertz CT molecular complexity index is 481. The first-order valence-corrected chi connectivity index (χ1v) is 4.83. The van der Waals surface area contributed by atoms with Crippen molar-refractivity contribution in [1.29, 1.82) is 0 Å². The molecule has 0 N–H and O–H groups in total. The lowest BCUT2D eigenvalue weighted by atomic mass is 10.2. The Morgan fingerprint density at radius 3 is 2.69 bits per heavy atom. The molecule has 0 aliphatic carbocycles. The summed E-state index contributed by atoms with van der Waals surface area (Å²) in [5.41, 5.74) is 1.17. The van der Waals surface area contributed by atoms with Crippen LogP contribution in [0, 0.1) is 10.1 Å². The standard InChI is InChI=1S/C10H10N4O2/c15-14(16)10-11-8-13(12-10)7-6-9-4-2-1-3-5-9/h1-5,8H,6-7H2. The largest absolute Gasteiger partial charge is 0.490 e. The van der Waals surface area contributed by atoms with Gasteiger partial charge in [-0.3, -0.25) is 0 Å². The summed E-state index contributed by atoms with van der Waals surface area (Å²) < 4.78 is 1.48. The SMILES string of the molecule is O=[N+]([O-])c1ncn(CCc2ccccc2)n1. The predicted molar refractivity (Wildman–Crippen MR) is 56.8 cm³/mol. The third kappa shape index (κ3) is 2.41. The number of aromatic nitrogens is 3. The average Bonchev–Trinajstić information content (AvgIpc) is 2.76. The highest BCUT2D eigenvalue weighted by Gasteiger charge is 2.12. The zero-order valence-electron chi connectivity index (χ0n) is 8.48. The molecule has 1 aromatic carbocycles. The lowest BCUT2D eigenvalue weighted by molar-refractivity contribution is -0.394. The van der Waals surface area contributed by atoms with Crippen LogP contribution in [0.2, 0.25) is 0 Å². The molecule has 1 heterocycles. The molecule has 6 heteroatoms. The van der Waals surface area contributed by atoms with Crippen LogP contribution in [0.15, 0.2) is 36.7 Å². The summed E-state index contributed by atoms with van der Waals surface area (Å²) in [5, 5.41) is 14.1. The number of hydrogen-bond acceptors (Lipinski definition) is 4. The molecule has 0 aliphatic rings. The molecule has 0 fully saturated rings. The molecule has 0 saturated carbocycles. The number of rotatable bonds is 4. The Morgan fingerprint density at radius 1 is 1.31 bits per heavy atom. The first-order chi connectivity index (χ1) is 7.75. The van der Waals surface area contributed by atoms with Crippen molar-refractivity contribution in [3.8, 4) is 0 Å². The summed E-state index contributed by atoms with van der Waals surface area (Å²) in [7, 11) is 0. The monoisotopic (exact) mass is 218 g/mol. The fraction of sp³-hybridized carbons (Fsp3) is 0.200. The molecule has 0 radical (unpaired) electrons. The molecule has 0 bridgehead atoms. The molecule has 82 valence electrons. The van der Waals surface area contributed by atoms with Crippen molar-refractivity contribution >= 4 is 5.95 Å². The van der Waals surface area contributed by atoms with Gasteiger partial charge in [-0.05, 0) is 16.9 Å². The van der Waals surface area contributed by atoms with E-state index in [0.717, 1.165) is 6.42 Å². The van der Waals surface area contributed by atoms with Gasteiger partial charge in [-0.1, -0.05) is 35.3 Å². The van der Waals surface area contributed by atoms with E-state index in [0.29, 0.717) is 6.54 Å². The number of nitrogens with zero attached hydrogens (tertiary/aromatic N) is 4. The molecule has 2 rings (SSSR count). The van der Waals surface area contributed by atoms with Crippen molar-refractivity contribution < 1.29 is 4.92 Å². The predicted octanol–water partition coefficient (Wildman–Crippen LogP) is 1.43. The van der Waals surface area contributed by atoms with Gasteiger partial charge in [0.2, 0.25) is 6.33 Å². The topological polar surface area (TPSA) is 73.8 Å². The Morgan fingerprint density at radius 2 is 2.06 bits per heavy atom. The van der Waals surface area contributed by atoms with Gasteiger partial charge in [0, 0.05) is 5.10 Å². The third-order valence-electron chi connectivity index (χ3n) is 2.16. The van der Waals surface area contributed by atoms with E-state index in [1.807, 2.05) is 30.3 Å². The van der Waals surface area contributed by atoms with E-state index >= 15 is 0 Å². The molecular formula is C10H10N4O2. The Labute approximate surface area is 91.7 Å². The zero-order chi connectivity index (χ0) is 11.4. The van der Waals surface area contributed by atoms with Crippen molar-refractivity contribution in [2.24, 2.45) is 0 Å². The first-order valence-electron chi connectivity index (χ1n) is 4.83. The Hall–Kier alpha value is -2.24. The first kappa shape index (κ1) is 10.3. The van der Waals surface area contributed by atoms with E-state index in [-0.39, 0.29) is 5.95 Å². The van der Waals surface area contributed by atoms with Gasteiger partial charge in [0.15, 0.2) is 0 Å². The van der Waals surface area contributed by atoms with Crippen LogP contribution in [0.1, 0.15) is 5.56 Å². The highest BCUT2D eigenvalue weighted by molar-refractivity contribution is 5.14.